The highest BCUT2D eigenvalue weighted by molar-refractivity contribution is 6.01. The lowest BCUT2D eigenvalue weighted by molar-refractivity contribution is -0.143. The number of carbonyl (C=O) groups is 1. The van der Waals surface area contributed by atoms with Crippen LogP contribution in [-0.4, -0.2) is 45.7 Å². The number of aliphatic hydroxyl groups is 1. The number of aryl methyl sites for hydroxylation is 1. The molecular weight excluding hydrogens is 484 g/mol. The Labute approximate surface area is 195 Å². The maximum absolute atomic E-state index is 13.8. The molecule has 35 heavy (non-hydrogen) atoms. The molecule has 2 aromatic rings. The van der Waals surface area contributed by atoms with Crippen LogP contribution in [0.4, 0.5) is 32.0 Å². The van der Waals surface area contributed by atoms with Gasteiger partial charge in [-0.15, -0.1) is 0 Å². The van der Waals surface area contributed by atoms with Crippen LogP contribution in [0, 0.1) is 5.41 Å². The molecule has 1 aromatic carbocycles. The van der Waals surface area contributed by atoms with E-state index in [0.717, 1.165) is 23.0 Å². The highest BCUT2D eigenvalue weighted by Gasteiger charge is 2.88. The van der Waals surface area contributed by atoms with Crippen molar-refractivity contribution in [1.82, 2.24) is 9.78 Å². The van der Waals surface area contributed by atoms with Gasteiger partial charge in [0.2, 0.25) is 5.91 Å². The van der Waals surface area contributed by atoms with Crippen molar-refractivity contribution in [3.63, 3.8) is 0 Å². The minimum atomic E-state index is -4.82. The second kappa shape index (κ2) is 7.36. The number of anilines is 1. The fraction of sp³-hybridized carbons (Fsp3) is 0.545. The second-order valence-electron chi connectivity index (χ2n) is 9.13. The van der Waals surface area contributed by atoms with E-state index in [1.54, 1.807) is 0 Å². The van der Waals surface area contributed by atoms with Crippen molar-refractivity contribution in [2.24, 2.45) is 12.5 Å². The number of carbonyl (C=O) groups excluding carboxylic acids is 1. The summed E-state index contributed by atoms with van der Waals surface area (Å²) in [5.41, 5.74) is -5.72. The number of rotatable bonds is 5. The van der Waals surface area contributed by atoms with E-state index >= 15 is 0 Å². The SMILES string of the molecule is CCOc1ccc(NC(=O)[C@]23C[C@@]2(c2cn(C)nc2C(F)(F)F)[C@H]2O[C@@H]3C[C@@H]2O)cc1C(F)(F)F. The lowest BCUT2D eigenvalue weighted by Gasteiger charge is -2.29. The number of nitrogens with zero attached hydrogens (tertiary/aromatic N) is 2. The molecule has 2 aliphatic heterocycles. The van der Waals surface area contributed by atoms with E-state index in [1.165, 1.54) is 20.0 Å². The molecule has 190 valence electrons. The number of amides is 1. The third kappa shape index (κ3) is 3.27. The normalized spacial score (nSPS) is 31.4. The highest BCUT2D eigenvalue weighted by Crippen LogP contribution is 2.78. The Kier molecular flexibility index (Phi) is 5.03. The molecule has 0 radical (unpaired) electrons. The van der Waals surface area contributed by atoms with Crippen molar-refractivity contribution in [2.75, 3.05) is 11.9 Å². The molecule has 3 heterocycles. The summed E-state index contributed by atoms with van der Waals surface area (Å²) in [7, 11) is 1.31. The van der Waals surface area contributed by atoms with Gasteiger partial charge in [0.05, 0.1) is 35.9 Å². The fourth-order valence-electron chi connectivity index (χ4n) is 5.87. The van der Waals surface area contributed by atoms with Crippen LogP contribution in [0.3, 0.4) is 0 Å². The lowest BCUT2D eigenvalue weighted by atomic mass is 9.73. The first-order valence-electron chi connectivity index (χ1n) is 10.9. The monoisotopic (exact) mass is 505 g/mol. The standard InChI is InChI=1S/C22H21F6N3O4/c1-3-34-14-5-4-10(6-11(14)21(23,24)25)29-18(33)20-9-19(20,17-13(32)7-15(20)35-17)12-8-31(2)30-16(12)22(26,27)28/h4-6,8,13,15,17,32H,3,7,9H2,1-2H3,(H,29,33)/t13-,15+,17-,19+,20+/m0/s1. The molecule has 2 saturated heterocycles. The molecule has 3 aliphatic rings. The van der Waals surface area contributed by atoms with Crippen molar-refractivity contribution >= 4 is 11.6 Å². The van der Waals surface area contributed by atoms with E-state index in [1.807, 2.05) is 0 Å². The Morgan fingerprint density at radius 1 is 1.29 bits per heavy atom. The maximum atomic E-state index is 13.8. The van der Waals surface area contributed by atoms with Gasteiger partial charge in [-0.25, -0.2) is 0 Å². The van der Waals surface area contributed by atoms with Gasteiger partial charge in [-0.05, 0) is 31.5 Å². The van der Waals surface area contributed by atoms with Gasteiger partial charge in [0.15, 0.2) is 5.69 Å². The molecule has 2 bridgehead atoms. The average Bonchev–Trinajstić information content (AvgIpc) is 2.97. The molecule has 5 atom stereocenters. The van der Waals surface area contributed by atoms with Crippen LogP contribution in [0.2, 0.25) is 0 Å². The number of aromatic nitrogens is 2. The number of hydrogen-bond donors (Lipinski definition) is 2. The summed E-state index contributed by atoms with van der Waals surface area (Å²) in [6.45, 7) is 1.52. The van der Waals surface area contributed by atoms with E-state index in [4.69, 9.17) is 9.47 Å². The summed E-state index contributed by atoms with van der Waals surface area (Å²) in [4.78, 5) is 13.5. The number of hydrogen-bond acceptors (Lipinski definition) is 5. The summed E-state index contributed by atoms with van der Waals surface area (Å²) in [5, 5.41) is 16.4. The molecular formula is C22H21F6N3O4. The van der Waals surface area contributed by atoms with E-state index < -0.39 is 64.4 Å². The molecule has 1 aliphatic carbocycles. The number of aliphatic hydroxyl groups excluding tert-OH is 1. The third-order valence-electron chi connectivity index (χ3n) is 7.21. The van der Waals surface area contributed by atoms with Gasteiger partial charge in [0.1, 0.15) is 5.75 Å². The molecule has 1 aromatic heterocycles. The summed E-state index contributed by atoms with van der Waals surface area (Å²) < 4.78 is 93.7. The number of alkyl halides is 6. The zero-order chi connectivity index (χ0) is 25.6. The summed E-state index contributed by atoms with van der Waals surface area (Å²) in [5.74, 6) is -1.18. The molecule has 13 heteroatoms. The lowest BCUT2D eigenvalue weighted by Crippen LogP contribution is -2.45. The Morgan fingerprint density at radius 2 is 2.00 bits per heavy atom. The Hall–Kier alpha value is -2.80. The summed E-state index contributed by atoms with van der Waals surface area (Å²) in [6, 6.07) is 3.02. The van der Waals surface area contributed by atoms with Gasteiger partial charge in [0.25, 0.3) is 0 Å². The van der Waals surface area contributed by atoms with Gasteiger partial charge in [-0.1, -0.05) is 0 Å². The largest absolute Gasteiger partial charge is 0.493 e. The second-order valence-corrected chi connectivity index (χ2v) is 9.13. The van der Waals surface area contributed by atoms with Crippen molar-refractivity contribution in [3.8, 4) is 5.75 Å². The topological polar surface area (TPSA) is 85.6 Å². The molecule has 0 unspecified atom stereocenters. The third-order valence-corrected chi connectivity index (χ3v) is 7.21. The Bertz CT molecular complexity index is 1190. The molecule has 3 fully saturated rings. The Balaban J connectivity index is 1.53. The van der Waals surface area contributed by atoms with Crippen LogP contribution < -0.4 is 10.1 Å². The quantitative estimate of drug-likeness (QED) is 0.606. The number of fused-ring (bicyclic) bond motifs is 5. The number of benzene rings is 1. The number of ether oxygens (including phenoxy) is 2. The highest BCUT2D eigenvalue weighted by atomic mass is 19.4. The number of nitrogens with one attached hydrogen (secondary N) is 1. The first-order valence-corrected chi connectivity index (χ1v) is 10.9. The first-order chi connectivity index (χ1) is 16.3. The zero-order valence-electron chi connectivity index (χ0n) is 18.5. The van der Waals surface area contributed by atoms with Crippen LogP contribution in [0.15, 0.2) is 24.4 Å². The molecule has 5 rings (SSSR count). The van der Waals surface area contributed by atoms with Crippen LogP contribution in [-0.2, 0) is 34.3 Å². The van der Waals surface area contributed by atoms with Gasteiger partial charge < -0.3 is 19.9 Å². The minimum absolute atomic E-state index is 0.00417. The molecule has 1 saturated carbocycles. The van der Waals surface area contributed by atoms with Crippen molar-refractivity contribution in [1.29, 1.82) is 0 Å². The summed E-state index contributed by atoms with van der Waals surface area (Å²) >= 11 is 0. The molecule has 2 N–H and O–H groups in total. The minimum Gasteiger partial charge on any atom is -0.493 e. The molecule has 1 amide bonds. The predicted octanol–water partition coefficient (Wildman–Crippen LogP) is 3.66. The van der Waals surface area contributed by atoms with E-state index in [0.29, 0.717) is 0 Å². The van der Waals surface area contributed by atoms with Crippen LogP contribution in [0.1, 0.15) is 36.6 Å². The van der Waals surface area contributed by atoms with Crippen LogP contribution in [0.25, 0.3) is 0 Å². The van der Waals surface area contributed by atoms with E-state index in [2.05, 4.69) is 10.4 Å². The van der Waals surface area contributed by atoms with Crippen molar-refractivity contribution in [3.05, 3.63) is 41.2 Å². The average molecular weight is 505 g/mol. The van der Waals surface area contributed by atoms with Crippen molar-refractivity contribution < 1.29 is 45.7 Å². The Morgan fingerprint density at radius 3 is 2.63 bits per heavy atom. The summed E-state index contributed by atoms with van der Waals surface area (Å²) in [6.07, 6.45) is -11.5. The van der Waals surface area contributed by atoms with E-state index in [9.17, 15) is 36.2 Å². The number of halogens is 6. The van der Waals surface area contributed by atoms with E-state index in [-0.39, 0.29) is 30.7 Å². The zero-order valence-corrected chi connectivity index (χ0v) is 18.5. The molecule has 0 spiro atoms. The smallest absolute Gasteiger partial charge is 0.435 e. The predicted molar refractivity (Wildman–Crippen MR) is 107 cm³/mol. The van der Waals surface area contributed by atoms with Crippen molar-refractivity contribution in [2.45, 2.75) is 55.8 Å². The fourth-order valence-corrected chi connectivity index (χ4v) is 5.87. The molecule has 7 nitrogen and oxygen atoms in total. The first kappa shape index (κ1) is 23.9. The van der Waals surface area contributed by atoms with Gasteiger partial charge in [0, 0.05) is 36.3 Å². The van der Waals surface area contributed by atoms with Crippen LogP contribution >= 0.6 is 0 Å². The maximum Gasteiger partial charge on any atom is 0.435 e. The van der Waals surface area contributed by atoms with Gasteiger partial charge >= 0.3 is 12.4 Å². The van der Waals surface area contributed by atoms with Gasteiger partial charge in [-0.2, -0.15) is 31.4 Å². The van der Waals surface area contributed by atoms with Gasteiger partial charge in [-0.3, -0.25) is 9.48 Å². The van der Waals surface area contributed by atoms with Crippen LogP contribution in [0.5, 0.6) is 5.75 Å².